The van der Waals surface area contributed by atoms with Crippen molar-refractivity contribution in [1.29, 1.82) is 0 Å². The largest absolute Gasteiger partial charge is 0.506 e. The highest BCUT2D eigenvalue weighted by molar-refractivity contribution is 6.18. The summed E-state index contributed by atoms with van der Waals surface area (Å²) < 4.78 is 1.37. The number of halogens is 1. The number of hydrogen-bond acceptors (Lipinski definition) is 3. The minimum absolute atomic E-state index is 0.277. The summed E-state index contributed by atoms with van der Waals surface area (Å²) in [6.45, 7) is 0. The molecule has 0 bridgehead atoms. The number of aryl methyl sites for hydroxylation is 2. The molecule has 3 aromatic rings. The van der Waals surface area contributed by atoms with Crippen LogP contribution in [-0.4, -0.2) is 21.5 Å². The van der Waals surface area contributed by atoms with Crippen molar-refractivity contribution in [3.63, 3.8) is 0 Å². The van der Waals surface area contributed by atoms with Crippen LogP contribution in [0.1, 0.15) is 15.9 Å². The zero-order valence-electron chi connectivity index (χ0n) is 13.6. The summed E-state index contributed by atoms with van der Waals surface area (Å²) in [4.78, 5) is 25.2. The van der Waals surface area contributed by atoms with E-state index in [9.17, 15) is 14.7 Å². The van der Waals surface area contributed by atoms with Gasteiger partial charge >= 0.3 is 0 Å². The van der Waals surface area contributed by atoms with Crippen molar-refractivity contribution in [2.75, 3.05) is 11.2 Å². The normalized spacial score (nSPS) is 10.8. The number of benzene rings is 2. The van der Waals surface area contributed by atoms with Crippen LogP contribution in [0.5, 0.6) is 5.75 Å². The molecule has 1 amide bonds. The van der Waals surface area contributed by atoms with Gasteiger partial charge in [0.15, 0.2) is 0 Å². The molecule has 2 aromatic carbocycles. The molecule has 0 atom stereocenters. The third-order valence-corrected chi connectivity index (χ3v) is 4.29. The van der Waals surface area contributed by atoms with Crippen LogP contribution in [0.15, 0.2) is 53.3 Å². The van der Waals surface area contributed by atoms with Crippen LogP contribution in [0.3, 0.4) is 0 Å². The molecule has 0 spiro atoms. The first kappa shape index (κ1) is 17.0. The van der Waals surface area contributed by atoms with Gasteiger partial charge in [-0.05, 0) is 30.2 Å². The van der Waals surface area contributed by atoms with Crippen molar-refractivity contribution < 1.29 is 9.90 Å². The molecule has 0 saturated carbocycles. The fourth-order valence-electron chi connectivity index (χ4n) is 2.87. The van der Waals surface area contributed by atoms with Crippen LogP contribution in [0.4, 0.5) is 5.69 Å². The lowest BCUT2D eigenvalue weighted by molar-refractivity contribution is 0.102. The number of para-hydroxylation sites is 1. The predicted molar refractivity (Wildman–Crippen MR) is 99.7 cm³/mol. The molecule has 1 aromatic heterocycles. The summed E-state index contributed by atoms with van der Waals surface area (Å²) in [6.07, 6.45) is 0.518. The van der Waals surface area contributed by atoms with Gasteiger partial charge in [-0.15, -0.1) is 11.6 Å². The number of fused-ring (bicyclic) bond motifs is 1. The van der Waals surface area contributed by atoms with E-state index >= 15 is 0 Å². The number of pyridine rings is 1. The number of hydrogen-bond donors (Lipinski definition) is 2. The molecule has 0 saturated heterocycles. The molecule has 0 unspecified atom stereocenters. The van der Waals surface area contributed by atoms with Crippen molar-refractivity contribution in [1.82, 2.24) is 4.57 Å². The molecule has 25 heavy (non-hydrogen) atoms. The van der Waals surface area contributed by atoms with Gasteiger partial charge in [-0.2, -0.15) is 0 Å². The van der Waals surface area contributed by atoms with E-state index in [2.05, 4.69) is 5.32 Å². The first-order valence-electron chi connectivity index (χ1n) is 7.80. The number of rotatable bonds is 4. The first-order valence-corrected chi connectivity index (χ1v) is 8.34. The number of alkyl halides is 1. The molecule has 0 aliphatic carbocycles. The van der Waals surface area contributed by atoms with Gasteiger partial charge in [-0.3, -0.25) is 9.59 Å². The van der Waals surface area contributed by atoms with E-state index in [1.54, 1.807) is 43.4 Å². The van der Waals surface area contributed by atoms with E-state index in [1.807, 2.05) is 12.1 Å². The molecule has 128 valence electrons. The molecule has 0 fully saturated rings. The molecule has 1 heterocycles. The molecule has 2 N–H and O–H groups in total. The third kappa shape index (κ3) is 3.10. The van der Waals surface area contributed by atoms with Gasteiger partial charge in [0.2, 0.25) is 0 Å². The number of carbonyl (C=O) groups is 1. The van der Waals surface area contributed by atoms with Crippen molar-refractivity contribution in [3.05, 3.63) is 70.0 Å². The van der Waals surface area contributed by atoms with Gasteiger partial charge in [0, 0.05) is 24.0 Å². The van der Waals surface area contributed by atoms with Crippen LogP contribution in [0.25, 0.3) is 10.9 Å². The summed E-state index contributed by atoms with van der Waals surface area (Å²) in [6, 6.07) is 14.1. The Labute approximate surface area is 149 Å². The van der Waals surface area contributed by atoms with Crippen molar-refractivity contribution in [2.24, 2.45) is 7.05 Å². The zero-order valence-corrected chi connectivity index (χ0v) is 14.4. The summed E-state index contributed by atoms with van der Waals surface area (Å²) in [5.41, 5.74) is 1.06. The van der Waals surface area contributed by atoms with Crippen molar-refractivity contribution in [3.8, 4) is 5.75 Å². The lowest BCUT2D eigenvalue weighted by Gasteiger charge is -2.14. The van der Waals surface area contributed by atoms with Crippen LogP contribution >= 0.6 is 11.6 Å². The Kier molecular flexibility index (Phi) is 4.76. The SMILES string of the molecule is Cn1c(=O)c(C(=O)Nc2ccccc2)c(O)c2c(CCCl)cccc21. The number of carbonyl (C=O) groups excluding carboxylic acids is 1. The first-order chi connectivity index (χ1) is 12.0. The standard InChI is InChI=1S/C19H17ClN2O3/c1-22-14-9-5-6-12(10-11-20)15(14)17(23)16(19(22)25)18(24)21-13-7-3-2-4-8-13/h2-9,23H,10-11H2,1H3,(H,21,24). The highest BCUT2D eigenvalue weighted by Crippen LogP contribution is 2.30. The van der Waals surface area contributed by atoms with Gasteiger partial charge < -0.3 is 15.0 Å². The molecular formula is C19H17ClN2O3. The Morgan fingerprint density at radius 3 is 2.56 bits per heavy atom. The number of aromatic hydroxyl groups is 1. The van der Waals surface area contributed by atoms with Crippen LogP contribution in [-0.2, 0) is 13.5 Å². The fraction of sp³-hybridized carbons (Fsp3) is 0.158. The minimum Gasteiger partial charge on any atom is -0.506 e. The number of amides is 1. The highest BCUT2D eigenvalue weighted by Gasteiger charge is 2.22. The van der Waals surface area contributed by atoms with Gasteiger partial charge in [-0.25, -0.2) is 0 Å². The summed E-state index contributed by atoms with van der Waals surface area (Å²) in [5.74, 6) is -0.591. The van der Waals surface area contributed by atoms with E-state index in [1.165, 1.54) is 4.57 Å². The van der Waals surface area contributed by atoms with Gasteiger partial charge in [0.05, 0.1) is 5.52 Å². The van der Waals surface area contributed by atoms with Gasteiger partial charge in [0.25, 0.3) is 11.5 Å². The predicted octanol–water partition coefficient (Wildman–Crippen LogP) is 3.28. The quantitative estimate of drug-likeness (QED) is 0.705. The van der Waals surface area contributed by atoms with E-state index < -0.39 is 11.5 Å². The summed E-state index contributed by atoms with van der Waals surface area (Å²) in [5, 5.41) is 13.8. The maximum absolute atomic E-state index is 12.6. The Bertz CT molecular complexity index is 997. The van der Waals surface area contributed by atoms with E-state index in [-0.39, 0.29) is 11.3 Å². The Hall–Kier alpha value is -2.79. The lowest BCUT2D eigenvalue weighted by atomic mass is 10.0. The molecular weight excluding hydrogens is 340 g/mol. The highest BCUT2D eigenvalue weighted by atomic mass is 35.5. The summed E-state index contributed by atoms with van der Waals surface area (Å²) in [7, 11) is 1.58. The third-order valence-electron chi connectivity index (χ3n) is 4.10. The minimum atomic E-state index is -0.646. The molecule has 6 heteroatoms. The second-order valence-corrected chi connectivity index (χ2v) is 6.04. The van der Waals surface area contributed by atoms with Crippen LogP contribution < -0.4 is 10.9 Å². The fourth-order valence-corrected chi connectivity index (χ4v) is 3.08. The smallest absolute Gasteiger partial charge is 0.267 e. The molecule has 0 aliphatic rings. The topological polar surface area (TPSA) is 71.3 Å². The van der Waals surface area contributed by atoms with Gasteiger partial charge in [0.1, 0.15) is 11.3 Å². The van der Waals surface area contributed by atoms with Gasteiger partial charge in [-0.1, -0.05) is 30.3 Å². The Balaban J connectivity index is 2.20. The molecule has 0 radical (unpaired) electrons. The maximum atomic E-state index is 12.6. The molecule has 5 nitrogen and oxygen atoms in total. The number of nitrogens with zero attached hydrogens (tertiary/aromatic N) is 1. The average molecular weight is 357 g/mol. The number of aromatic nitrogens is 1. The second kappa shape index (κ2) is 6.99. The monoisotopic (exact) mass is 356 g/mol. The van der Waals surface area contributed by atoms with Crippen molar-refractivity contribution in [2.45, 2.75) is 6.42 Å². The second-order valence-electron chi connectivity index (χ2n) is 5.66. The van der Waals surface area contributed by atoms with Crippen LogP contribution in [0.2, 0.25) is 0 Å². The zero-order chi connectivity index (χ0) is 18.0. The lowest BCUT2D eigenvalue weighted by Crippen LogP contribution is -2.28. The van der Waals surface area contributed by atoms with Crippen LogP contribution in [0, 0.1) is 0 Å². The number of nitrogens with one attached hydrogen (secondary N) is 1. The summed E-state index contributed by atoms with van der Waals surface area (Å²) >= 11 is 5.84. The molecule has 3 rings (SSSR count). The average Bonchev–Trinajstić information content (AvgIpc) is 2.61. The maximum Gasteiger partial charge on any atom is 0.267 e. The van der Waals surface area contributed by atoms with E-state index in [0.29, 0.717) is 28.9 Å². The number of anilines is 1. The van der Waals surface area contributed by atoms with Crippen molar-refractivity contribution >= 4 is 34.1 Å². The van der Waals surface area contributed by atoms with E-state index in [0.717, 1.165) is 5.56 Å². The Morgan fingerprint density at radius 2 is 1.88 bits per heavy atom. The Morgan fingerprint density at radius 1 is 1.16 bits per heavy atom. The molecule has 0 aliphatic heterocycles. The van der Waals surface area contributed by atoms with E-state index in [4.69, 9.17) is 11.6 Å².